The fourth-order valence-corrected chi connectivity index (χ4v) is 4.36. The first-order chi connectivity index (χ1) is 14.3. The smallest absolute Gasteiger partial charge is 0.222 e. The Kier molecular flexibility index (Phi) is 6.96. The highest BCUT2D eigenvalue weighted by Gasteiger charge is 2.34. The number of nitrogens with one attached hydrogen (secondary N) is 1. The molecule has 4 rings (SSSR count). The van der Waals surface area contributed by atoms with Crippen molar-refractivity contribution in [3.05, 3.63) is 48.3 Å². The maximum absolute atomic E-state index is 5.98. The number of hydrogen-bond acceptors (Lipinski definition) is 6. The standard InChI is InChI=1S/C23H32N4O2/c1-2-14-27(13-1)15-4-16-29-21-7-5-20(6-8-21)23(9-17-28-18-10-23)19-26-22-24-11-3-12-25-22/h3,5-8,11-12H,1-2,4,9-10,13-19H2,(H,24,25,26). The molecule has 0 bridgehead atoms. The van der Waals surface area contributed by atoms with Crippen LogP contribution in [0.1, 0.15) is 37.7 Å². The maximum atomic E-state index is 5.98. The molecule has 0 spiro atoms. The average molecular weight is 397 g/mol. The number of aromatic nitrogens is 2. The van der Waals surface area contributed by atoms with Crippen LogP contribution in [-0.4, -0.2) is 60.9 Å². The normalized spacial score (nSPS) is 19.2. The maximum Gasteiger partial charge on any atom is 0.222 e. The van der Waals surface area contributed by atoms with Crippen molar-refractivity contribution in [3.8, 4) is 5.75 Å². The molecule has 0 aliphatic carbocycles. The third kappa shape index (κ3) is 5.46. The van der Waals surface area contributed by atoms with Gasteiger partial charge in [-0.05, 0) is 69.0 Å². The summed E-state index contributed by atoms with van der Waals surface area (Å²) >= 11 is 0. The third-order valence-electron chi connectivity index (χ3n) is 6.15. The Morgan fingerprint density at radius 3 is 2.48 bits per heavy atom. The molecule has 2 aliphatic heterocycles. The van der Waals surface area contributed by atoms with E-state index in [-0.39, 0.29) is 5.41 Å². The Bertz CT molecular complexity index is 726. The zero-order valence-electron chi connectivity index (χ0n) is 17.2. The van der Waals surface area contributed by atoms with Crippen LogP contribution in [-0.2, 0) is 10.2 Å². The Hall–Kier alpha value is -2.18. The molecular weight excluding hydrogens is 364 g/mol. The van der Waals surface area contributed by atoms with Gasteiger partial charge in [0.1, 0.15) is 5.75 Å². The van der Waals surface area contributed by atoms with Crippen LogP contribution in [0.3, 0.4) is 0 Å². The van der Waals surface area contributed by atoms with Crippen molar-refractivity contribution < 1.29 is 9.47 Å². The van der Waals surface area contributed by atoms with Gasteiger partial charge in [0.2, 0.25) is 5.95 Å². The van der Waals surface area contributed by atoms with Crippen LogP contribution in [0.15, 0.2) is 42.7 Å². The van der Waals surface area contributed by atoms with Crippen LogP contribution >= 0.6 is 0 Å². The third-order valence-corrected chi connectivity index (χ3v) is 6.15. The van der Waals surface area contributed by atoms with Crippen LogP contribution in [0.4, 0.5) is 5.95 Å². The molecule has 2 saturated heterocycles. The zero-order chi connectivity index (χ0) is 19.8. The van der Waals surface area contributed by atoms with E-state index in [2.05, 4.69) is 44.5 Å². The second-order valence-electron chi connectivity index (χ2n) is 8.09. The number of hydrogen-bond donors (Lipinski definition) is 1. The quantitative estimate of drug-likeness (QED) is 0.655. The van der Waals surface area contributed by atoms with Gasteiger partial charge in [0.15, 0.2) is 0 Å². The van der Waals surface area contributed by atoms with Gasteiger partial charge < -0.3 is 19.7 Å². The summed E-state index contributed by atoms with van der Waals surface area (Å²) in [7, 11) is 0. The van der Waals surface area contributed by atoms with E-state index in [0.717, 1.165) is 57.9 Å². The summed E-state index contributed by atoms with van der Waals surface area (Å²) < 4.78 is 11.6. The Morgan fingerprint density at radius 1 is 1.03 bits per heavy atom. The van der Waals surface area contributed by atoms with Gasteiger partial charge in [0.05, 0.1) is 6.61 Å². The van der Waals surface area contributed by atoms with E-state index in [1.54, 1.807) is 12.4 Å². The molecule has 0 radical (unpaired) electrons. The number of benzene rings is 1. The number of nitrogens with zero attached hydrogens (tertiary/aromatic N) is 3. The minimum atomic E-state index is 0.0335. The van der Waals surface area contributed by atoms with E-state index < -0.39 is 0 Å². The van der Waals surface area contributed by atoms with E-state index in [1.165, 1.54) is 31.5 Å². The lowest BCUT2D eigenvalue weighted by Crippen LogP contribution is -2.40. The summed E-state index contributed by atoms with van der Waals surface area (Å²) in [5, 5.41) is 3.42. The molecule has 2 aliphatic rings. The summed E-state index contributed by atoms with van der Waals surface area (Å²) in [4.78, 5) is 11.1. The van der Waals surface area contributed by atoms with E-state index in [9.17, 15) is 0 Å². The van der Waals surface area contributed by atoms with Gasteiger partial charge in [0, 0.05) is 44.1 Å². The topological polar surface area (TPSA) is 59.5 Å². The molecule has 0 unspecified atom stereocenters. The Morgan fingerprint density at radius 2 is 1.76 bits per heavy atom. The molecule has 1 N–H and O–H groups in total. The Labute approximate surface area is 173 Å². The minimum Gasteiger partial charge on any atom is -0.494 e. The first-order valence-corrected chi connectivity index (χ1v) is 10.9. The van der Waals surface area contributed by atoms with Crippen LogP contribution in [0.25, 0.3) is 0 Å². The number of rotatable bonds is 9. The summed E-state index contributed by atoms with van der Waals surface area (Å²) in [6.07, 6.45) is 9.29. The predicted molar refractivity (Wildman–Crippen MR) is 114 cm³/mol. The highest BCUT2D eigenvalue weighted by Crippen LogP contribution is 2.35. The van der Waals surface area contributed by atoms with Gasteiger partial charge in [0.25, 0.3) is 0 Å². The molecule has 1 aromatic heterocycles. The van der Waals surface area contributed by atoms with E-state index >= 15 is 0 Å². The molecule has 2 fully saturated rings. The molecule has 6 heteroatoms. The monoisotopic (exact) mass is 396 g/mol. The zero-order valence-corrected chi connectivity index (χ0v) is 17.2. The van der Waals surface area contributed by atoms with Crippen molar-refractivity contribution in [1.29, 1.82) is 0 Å². The fourth-order valence-electron chi connectivity index (χ4n) is 4.36. The van der Waals surface area contributed by atoms with Gasteiger partial charge in [-0.1, -0.05) is 12.1 Å². The second-order valence-corrected chi connectivity index (χ2v) is 8.09. The van der Waals surface area contributed by atoms with Gasteiger partial charge in [-0.25, -0.2) is 9.97 Å². The molecular formula is C23H32N4O2. The molecule has 1 aromatic carbocycles. The summed E-state index contributed by atoms with van der Waals surface area (Å²) in [6, 6.07) is 10.5. The SMILES string of the molecule is c1cnc(NCC2(c3ccc(OCCCN4CCCC4)cc3)CCOCC2)nc1. The largest absolute Gasteiger partial charge is 0.494 e. The second kappa shape index (κ2) is 10.0. The van der Waals surface area contributed by atoms with Crippen LogP contribution < -0.4 is 10.1 Å². The molecule has 0 amide bonds. The fraction of sp³-hybridized carbons (Fsp3) is 0.565. The van der Waals surface area contributed by atoms with Gasteiger partial charge in [-0.15, -0.1) is 0 Å². The van der Waals surface area contributed by atoms with Crippen LogP contribution in [0, 0.1) is 0 Å². The minimum absolute atomic E-state index is 0.0335. The number of ether oxygens (including phenoxy) is 2. The van der Waals surface area contributed by atoms with E-state index in [4.69, 9.17) is 9.47 Å². The first kappa shape index (κ1) is 20.1. The van der Waals surface area contributed by atoms with Gasteiger partial charge in [-0.3, -0.25) is 0 Å². The summed E-state index contributed by atoms with van der Waals surface area (Å²) in [6.45, 7) is 6.80. The molecule has 0 saturated carbocycles. The molecule has 6 nitrogen and oxygen atoms in total. The lowest BCUT2D eigenvalue weighted by molar-refractivity contribution is 0.0543. The molecule has 0 atom stereocenters. The highest BCUT2D eigenvalue weighted by molar-refractivity contribution is 5.35. The van der Waals surface area contributed by atoms with Crippen LogP contribution in [0.2, 0.25) is 0 Å². The molecule has 29 heavy (non-hydrogen) atoms. The van der Waals surface area contributed by atoms with Crippen molar-refractivity contribution >= 4 is 5.95 Å². The van der Waals surface area contributed by atoms with Crippen molar-refractivity contribution in [2.24, 2.45) is 0 Å². The summed E-state index contributed by atoms with van der Waals surface area (Å²) in [5.74, 6) is 1.63. The lowest BCUT2D eigenvalue weighted by Gasteiger charge is -2.38. The lowest BCUT2D eigenvalue weighted by atomic mass is 9.74. The van der Waals surface area contributed by atoms with Gasteiger partial charge >= 0.3 is 0 Å². The molecule has 3 heterocycles. The van der Waals surface area contributed by atoms with E-state index in [0.29, 0.717) is 5.95 Å². The first-order valence-electron chi connectivity index (χ1n) is 10.9. The molecule has 2 aromatic rings. The Balaban J connectivity index is 1.33. The average Bonchev–Trinajstić information content (AvgIpc) is 3.31. The molecule has 156 valence electrons. The number of likely N-dealkylation sites (tertiary alicyclic amines) is 1. The highest BCUT2D eigenvalue weighted by atomic mass is 16.5. The predicted octanol–water partition coefficient (Wildman–Crippen LogP) is 3.50. The van der Waals surface area contributed by atoms with E-state index in [1.807, 2.05) is 6.07 Å². The van der Waals surface area contributed by atoms with Crippen molar-refractivity contribution in [3.63, 3.8) is 0 Å². The van der Waals surface area contributed by atoms with Crippen molar-refractivity contribution in [2.75, 3.05) is 51.3 Å². The summed E-state index contributed by atoms with van der Waals surface area (Å²) in [5.41, 5.74) is 1.36. The van der Waals surface area contributed by atoms with Gasteiger partial charge in [-0.2, -0.15) is 0 Å². The van der Waals surface area contributed by atoms with Crippen molar-refractivity contribution in [1.82, 2.24) is 14.9 Å². The van der Waals surface area contributed by atoms with Crippen molar-refractivity contribution in [2.45, 2.75) is 37.5 Å². The number of anilines is 1. The van der Waals surface area contributed by atoms with Crippen LogP contribution in [0.5, 0.6) is 5.75 Å².